The molecule has 0 bridgehead atoms. The van der Waals surface area contributed by atoms with E-state index in [0.717, 1.165) is 5.56 Å². The highest BCUT2D eigenvalue weighted by molar-refractivity contribution is 6.30. The van der Waals surface area contributed by atoms with E-state index in [1.807, 2.05) is 12.1 Å². The molecule has 0 aliphatic heterocycles. The van der Waals surface area contributed by atoms with Gasteiger partial charge in [0.2, 0.25) is 0 Å². The van der Waals surface area contributed by atoms with Gasteiger partial charge >= 0.3 is 0 Å². The molecule has 3 N–H and O–H groups in total. The first-order valence-electron chi connectivity index (χ1n) is 7.99. The van der Waals surface area contributed by atoms with Gasteiger partial charge < -0.3 is 20.5 Å². The Hall–Kier alpha value is -3.26. The second-order valence-electron chi connectivity index (χ2n) is 5.58. The number of nitrogens with two attached hydrogens (primary N) is 1. The Kier molecular flexibility index (Phi) is 5.46. The monoisotopic (exact) mass is 387 g/mol. The number of nitrogens with zero attached hydrogens (tertiary/aromatic N) is 3. The van der Waals surface area contributed by atoms with Gasteiger partial charge in [0.1, 0.15) is 0 Å². The van der Waals surface area contributed by atoms with Crippen molar-refractivity contribution in [2.75, 3.05) is 20.0 Å². The molecule has 140 valence electrons. The predicted molar refractivity (Wildman–Crippen MR) is 101 cm³/mol. The van der Waals surface area contributed by atoms with Crippen molar-refractivity contribution in [3.63, 3.8) is 0 Å². The lowest BCUT2D eigenvalue weighted by Crippen LogP contribution is -2.24. The Bertz CT molecular complexity index is 956. The summed E-state index contributed by atoms with van der Waals surface area (Å²) < 4.78 is 11.8. The number of carbonyl (C=O) groups excluding carboxylic acids is 1. The lowest BCUT2D eigenvalue weighted by Gasteiger charge is -2.10. The van der Waals surface area contributed by atoms with Gasteiger partial charge in [-0.15, -0.1) is 5.10 Å². The van der Waals surface area contributed by atoms with Crippen molar-refractivity contribution < 1.29 is 14.3 Å². The number of methoxy groups -OCH3 is 2. The third kappa shape index (κ3) is 3.95. The Morgan fingerprint density at radius 3 is 2.52 bits per heavy atom. The zero-order chi connectivity index (χ0) is 19.4. The van der Waals surface area contributed by atoms with E-state index in [-0.39, 0.29) is 11.5 Å². The SMILES string of the molecule is COc1ccc(-n2nnc(C(=O)NCc3ccc(Cl)cc3)c2N)cc1OC. The number of benzene rings is 2. The standard InChI is InChI=1S/C18H18ClN5O3/c1-26-14-8-7-13(9-15(14)27-2)24-17(20)16(22-23-24)18(25)21-10-11-3-5-12(19)6-4-11/h3-9H,10,20H2,1-2H3,(H,21,25). The van der Waals surface area contributed by atoms with Gasteiger partial charge in [0, 0.05) is 17.6 Å². The number of hydrogen-bond acceptors (Lipinski definition) is 6. The zero-order valence-electron chi connectivity index (χ0n) is 14.8. The van der Waals surface area contributed by atoms with E-state index in [2.05, 4.69) is 15.6 Å². The van der Waals surface area contributed by atoms with Crippen LogP contribution in [0.25, 0.3) is 5.69 Å². The van der Waals surface area contributed by atoms with Crippen LogP contribution < -0.4 is 20.5 Å². The van der Waals surface area contributed by atoms with Crippen LogP contribution in [-0.2, 0) is 6.54 Å². The van der Waals surface area contributed by atoms with Crippen LogP contribution in [0, 0.1) is 0 Å². The number of nitrogen functional groups attached to an aromatic ring is 1. The summed E-state index contributed by atoms with van der Waals surface area (Å²) in [5.74, 6) is 0.782. The first kappa shape index (κ1) is 18.5. The zero-order valence-corrected chi connectivity index (χ0v) is 15.5. The first-order chi connectivity index (χ1) is 13.0. The van der Waals surface area contributed by atoms with Crippen molar-refractivity contribution in [3.05, 3.63) is 58.7 Å². The molecule has 2 aromatic carbocycles. The minimum Gasteiger partial charge on any atom is -0.493 e. The molecular weight excluding hydrogens is 370 g/mol. The van der Waals surface area contributed by atoms with Crippen molar-refractivity contribution in [2.24, 2.45) is 0 Å². The van der Waals surface area contributed by atoms with Crippen molar-refractivity contribution in [1.82, 2.24) is 20.3 Å². The molecule has 1 amide bonds. The van der Waals surface area contributed by atoms with Crippen LogP contribution in [-0.4, -0.2) is 35.1 Å². The van der Waals surface area contributed by atoms with Crippen LogP contribution in [0.5, 0.6) is 11.5 Å². The highest BCUT2D eigenvalue weighted by Crippen LogP contribution is 2.29. The summed E-state index contributed by atoms with van der Waals surface area (Å²) >= 11 is 5.85. The third-order valence-corrected chi connectivity index (χ3v) is 4.15. The van der Waals surface area contributed by atoms with Crippen LogP contribution in [0.15, 0.2) is 42.5 Å². The van der Waals surface area contributed by atoms with Gasteiger partial charge in [-0.2, -0.15) is 4.68 Å². The fourth-order valence-electron chi connectivity index (χ4n) is 2.47. The predicted octanol–water partition coefficient (Wildman–Crippen LogP) is 2.45. The molecular formula is C18H18ClN5O3. The van der Waals surface area contributed by atoms with Gasteiger partial charge in [0.05, 0.1) is 19.9 Å². The fourth-order valence-corrected chi connectivity index (χ4v) is 2.59. The Balaban J connectivity index is 1.78. The van der Waals surface area contributed by atoms with E-state index in [1.165, 1.54) is 11.8 Å². The molecule has 3 aromatic rings. The molecule has 0 saturated carbocycles. The molecule has 8 nitrogen and oxygen atoms in total. The summed E-state index contributed by atoms with van der Waals surface area (Å²) in [6, 6.07) is 12.3. The number of aromatic nitrogens is 3. The second-order valence-corrected chi connectivity index (χ2v) is 6.02. The number of carbonyl (C=O) groups is 1. The van der Waals surface area contributed by atoms with E-state index >= 15 is 0 Å². The minimum atomic E-state index is -0.422. The number of hydrogen-bond donors (Lipinski definition) is 2. The highest BCUT2D eigenvalue weighted by atomic mass is 35.5. The molecule has 0 aliphatic rings. The van der Waals surface area contributed by atoms with Crippen LogP contribution in [0.4, 0.5) is 5.82 Å². The van der Waals surface area contributed by atoms with Crippen molar-refractivity contribution in [1.29, 1.82) is 0 Å². The van der Waals surface area contributed by atoms with Gasteiger partial charge in [0.15, 0.2) is 23.0 Å². The van der Waals surface area contributed by atoms with Crippen molar-refractivity contribution in [3.8, 4) is 17.2 Å². The molecule has 0 atom stereocenters. The smallest absolute Gasteiger partial charge is 0.275 e. The first-order valence-corrected chi connectivity index (χ1v) is 8.37. The quantitative estimate of drug-likeness (QED) is 0.673. The van der Waals surface area contributed by atoms with Crippen LogP contribution in [0.2, 0.25) is 5.02 Å². The van der Waals surface area contributed by atoms with Gasteiger partial charge in [-0.05, 0) is 29.8 Å². The molecule has 1 heterocycles. The van der Waals surface area contributed by atoms with E-state index in [4.69, 9.17) is 26.8 Å². The molecule has 9 heteroatoms. The lowest BCUT2D eigenvalue weighted by atomic mass is 10.2. The normalized spacial score (nSPS) is 10.5. The average molecular weight is 388 g/mol. The van der Waals surface area contributed by atoms with Crippen molar-refractivity contribution in [2.45, 2.75) is 6.54 Å². The number of amides is 1. The lowest BCUT2D eigenvalue weighted by molar-refractivity contribution is 0.0946. The van der Waals surface area contributed by atoms with E-state index in [0.29, 0.717) is 28.8 Å². The van der Waals surface area contributed by atoms with Gasteiger partial charge in [-0.1, -0.05) is 28.9 Å². The molecule has 1 aromatic heterocycles. The van der Waals surface area contributed by atoms with Crippen LogP contribution in [0.3, 0.4) is 0 Å². The maximum atomic E-state index is 12.4. The largest absolute Gasteiger partial charge is 0.493 e. The Labute approximate surface area is 160 Å². The van der Waals surface area contributed by atoms with Crippen LogP contribution >= 0.6 is 11.6 Å². The Morgan fingerprint density at radius 1 is 1.15 bits per heavy atom. The number of halogens is 1. The maximum absolute atomic E-state index is 12.4. The number of rotatable bonds is 6. The summed E-state index contributed by atoms with van der Waals surface area (Å²) in [4.78, 5) is 12.4. The van der Waals surface area contributed by atoms with Gasteiger partial charge in [0.25, 0.3) is 5.91 Å². The van der Waals surface area contributed by atoms with Gasteiger partial charge in [-0.3, -0.25) is 4.79 Å². The number of ether oxygens (including phenoxy) is 2. The van der Waals surface area contributed by atoms with E-state index in [1.54, 1.807) is 37.4 Å². The van der Waals surface area contributed by atoms with Crippen LogP contribution in [0.1, 0.15) is 16.1 Å². The van der Waals surface area contributed by atoms with E-state index in [9.17, 15) is 4.79 Å². The summed E-state index contributed by atoms with van der Waals surface area (Å²) in [5, 5.41) is 11.3. The molecule has 0 fully saturated rings. The molecule has 0 radical (unpaired) electrons. The summed E-state index contributed by atoms with van der Waals surface area (Å²) in [6.07, 6.45) is 0. The average Bonchev–Trinajstić information content (AvgIpc) is 3.08. The number of anilines is 1. The second kappa shape index (κ2) is 7.96. The molecule has 0 saturated heterocycles. The molecule has 27 heavy (non-hydrogen) atoms. The van der Waals surface area contributed by atoms with Gasteiger partial charge in [-0.25, -0.2) is 0 Å². The maximum Gasteiger partial charge on any atom is 0.275 e. The molecule has 0 spiro atoms. The highest BCUT2D eigenvalue weighted by Gasteiger charge is 2.19. The third-order valence-electron chi connectivity index (χ3n) is 3.90. The fraction of sp³-hybridized carbons (Fsp3) is 0.167. The molecule has 3 rings (SSSR count). The summed E-state index contributed by atoms with van der Waals surface area (Å²) in [6.45, 7) is 0.318. The number of nitrogens with one attached hydrogen (secondary N) is 1. The topological polar surface area (TPSA) is 104 Å². The Morgan fingerprint density at radius 2 is 1.85 bits per heavy atom. The summed E-state index contributed by atoms with van der Waals surface area (Å²) in [5.41, 5.74) is 7.61. The minimum absolute atomic E-state index is 0.0405. The van der Waals surface area contributed by atoms with Crippen molar-refractivity contribution >= 4 is 23.3 Å². The molecule has 0 unspecified atom stereocenters. The van der Waals surface area contributed by atoms with E-state index < -0.39 is 5.91 Å². The summed E-state index contributed by atoms with van der Waals surface area (Å²) in [7, 11) is 3.08. The molecule has 0 aliphatic carbocycles.